The first-order valence-electron chi connectivity index (χ1n) is 6.52. The number of carbonyl (C=O) groups is 2. The quantitative estimate of drug-likeness (QED) is 0.801. The normalized spacial score (nSPS) is 21.4. The SMILES string of the molecule is CC1=NC(=O)NC(c2ccc(Br)cc2)C1C(=O)OCC(F)(F)F. The molecule has 1 heterocycles. The molecule has 0 saturated heterocycles. The highest BCUT2D eigenvalue weighted by Gasteiger charge is 2.39. The molecule has 0 saturated carbocycles. The minimum Gasteiger partial charge on any atom is -0.455 e. The van der Waals surface area contributed by atoms with E-state index in [0.717, 1.165) is 4.47 Å². The molecule has 9 heteroatoms. The Morgan fingerprint density at radius 2 is 1.96 bits per heavy atom. The number of benzene rings is 1. The summed E-state index contributed by atoms with van der Waals surface area (Å²) in [7, 11) is 0. The molecule has 0 spiro atoms. The number of urea groups is 1. The van der Waals surface area contributed by atoms with Gasteiger partial charge in [-0.05, 0) is 24.6 Å². The second-order valence-electron chi connectivity index (χ2n) is 4.93. The summed E-state index contributed by atoms with van der Waals surface area (Å²) in [6.07, 6.45) is -4.62. The number of alkyl halides is 3. The van der Waals surface area contributed by atoms with E-state index in [1.54, 1.807) is 24.3 Å². The minimum absolute atomic E-state index is 0.105. The van der Waals surface area contributed by atoms with Crippen molar-refractivity contribution in [3.05, 3.63) is 34.3 Å². The van der Waals surface area contributed by atoms with Gasteiger partial charge >= 0.3 is 18.2 Å². The first-order chi connectivity index (χ1) is 10.7. The number of esters is 1. The number of halogens is 4. The zero-order valence-electron chi connectivity index (χ0n) is 11.9. The molecule has 0 aromatic heterocycles. The van der Waals surface area contributed by atoms with Crippen LogP contribution < -0.4 is 5.32 Å². The van der Waals surface area contributed by atoms with Crippen molar-refractivity contribution < 1.29 is 27.5 Å². The van der Waals surface area contributed by atoms with Gasteiger partial charge in [-0.15, -0.1) is 0 Å². The Kier molecular flexibility index (Phi) is 5.08. The van der Waals surface area contributed by atoms with Crippen LogP contribution >= 0.6 is 15.9 Å². The largest absolute Gasteiger partial charge is 0.455 e. The highest BCUT2D eigenvalue weighted by molar-refractivity contribution is 9.10. The van der Waals surface area contributed by atoms with Gasteiger partial charge in [-0.25, -0.2) is 9.79 Å². The van der Waals surface area contributed by atoms with Crippen molar-refractivity contribution in [2.45, 2.75) is 19.1 Å². The number of amides is 2. The van der Waals surface area contributed by atoms with Crippen LogP contribution in [0.25, 0.3) is 0 Å². The molecule has 2 amide bonds. The fourth-order valence-corrected chi connectivity index (χ4v) is 2.48. The number of carbonyl (C=O) groups excluding carboxylic acids is 2. The number of aliphatic imine (C=N–C) groups is 1. The average molecular weight is 393 g/mol. The summed E-state index contributed by atoms with van der Waals surface area (Å²) < 4.78 is 41.8. The van der Waals surface area contributed by atoms with Crippen LogP contribution in [-0.4, -0.2) is 30.5 Å². The van der Waals surface area contributed by atoms with Gasteiger partial charge < -0.3 is 10.1 Å². The fraction of sp³-hybridized carbons (Fsp3) is 0.357. The van der Waals surface area contributed by atoms with Gasteiger partial charge in [0.15, 0.2) is 6.61 Å². The van der Waals surface area contributed by atoms with Gasteiger partial charge in [-0.3, -0.25) is 4.79 Å². The van der Waals surface area contributed by atoms with E-state index < -0.39 is 36.7 Å². The third-order valence-corrected chi connectivity index (χ3v) is 3.73. The molecule has 1 aliphatic heterocycles. The Hall–Kier alpha value is -1.90. The molecule has 1 N–H and O–H groups in total. The van der Waals surface area contributed by atoms with Crippen LogP contribution in [-0.2, 0) is 9.53 Å². The summed E-state index contributed by atoms with van der Waals surface area (Å²) in [5.41, 5.74) is 0.665. The van der Waals surface area contributed by atoms with Crippen LogP contribution in [0.4, 0.5) is 18.0 Å². The van der Waals surface area contributed by atoms with E-state index in [0.29, 0.717) is 5.56 Å². The van der Waals surface area contributed by atoms with Crippen LogP contribution in [0.5, 0.6) is 0 Å². The Morgan fingerprint density at radius 1 is 1.35 bits per heavy atom. The molecular formula is C14H12BrF3N2O3. The minimum atomic E-state index is -4.62. The zero-order valence-corrected chi connectivity index (χ0v) is 13.4. The summed E-state index contributed by atoms with van der Waals surface area (Å²) in [5.74, 6) is -2.20. The number of ether oxygens (including phenoxy) is 1. The second-order valence-corrected chi connectivity index (χ2v) is 5.85. The highest BCUT2D eigenvalue weighted by atomic mass is 79.9. The van der Waals surface area contributed by atoms with Gasteiger partial charge in [0.1, 0.15) is 5.92 Å². The molecular weight excluding hydrogens is 381 g/mol. The lowest BCUT2D eigenvalue weighted by Gasteiger charge is -2.29. The predicted octanol–water partition coefficient (Wildman–Crippen LogP) is 3.40. The highest BCUT2D eigenvalue weighted by Crippen LogP contribution is 2.29. The van der Waals surface area contributed by atoms with E-state index >= 15 is 0 Å². The van der Waals surface area contributed by atoms with Crippen molar-refractivity contribution in [3.63, 3.8) is 0 Å². The maximum Gasteiger partial charge on any atom is 0.422 e. The van der Waals surface area contributed by atoms with Crippen LogP contribution in [0.3, 0.4) is 0 Å². The Morgan fingerprint density at radius 3 is 2.52 bits per heavy atom. The van der Waals surface area contributed by atoms with Crippen LogP contribution in [0.1, 0.15) is 18.5 Å². The van der Waals surface area contributed by atoms with E-state index in [2.05, 4.69) is 31.0 Å². The lowest BCUT2D eigenvalue weighted by atomic mass is 9.88. The third-order valence-electron chi connectivity index (χ3n) is 3.20. The van der Waals surface area contributed by atoms with Gasteiger partial charge in [0.05, 0.1) is 6.04 Å². The summed E-state index contributed by atoms with van der Waals surface area (Å²) in [4.78, 5) is 27.2. The lowest BCUT2D eigenvalue weighted by molar-refractivity contribution is -0.188. The summed E-state index contributed by atoms with van der Waals surface area (Å²) in [6.45, 7) is -0.277. The molecule has 2 atom stereocenters. The van der Waals surface area contributed by atoms with E-state index in [9.17, 15) is 22.8 Å². The van der Waals surface area contributed by atoms with Gasteiger partial charge in [0, 0.05) is 10.2 Å². The number of nitrogens with zero attached hydrogens (tertiary/aromatic N) is 1. The molecule has 5 nitrogen and oxygen atoms in total. The molecule has 0 aliphatic carbocycles. The van der Waals surface area contributed by atoms with Gasteiger partial charge in [0.2, 0.25) is 0 Å². The first kappa shape index (κ1) is 17.5. The maximum atomic E-state index is 12.2. The molecule has 0 fully saturated rings. The van der Waals surface area contributed by atoms with Gasteiger partial charge in [-0.1, -0.05) is 28.1 Å². The number of hydrogen-bond donors (Lipinski definition) is 1. The average Bonchev–Trinajstić information content (AvgIpc) is 2.44. The number of rotatable bonds is 3. The van der Waals surface area contributed by atoms with Crippen molar-refractivity contribution in [2.24, 2.45) is 10.9 Å². The van der Waals surface area contributed by atoms with Crippen molar-refractivity contribution in [2.75, 3.05) is 6.61 Å². The Labute approximate surface area is 138 Å². The van der Waals surface area contributed by atoms with Crippen molar-refractivity contribution in [1.82, 2.24) is 5.32 Å². The monoisotopic (exact) mass is 392 g/mol. The molecule has 0 radical (unpaired) electrons. The summed E-state index contributed by atoms with van der Waals surface area (Å²) >= 11 is 3.26. The molecule has 1 aromatic carbocycles. The van der Waals surface area contributed by atoms with Gasteiger partial charge in [0.25, 0.3) is 0 Å². The van der Waals surface area contributed by atoms with Crippen LogP contribution in [0.15, 0.2) is 33.7 Å². The first-order valence-corrected chi connectivity index (χ1v) is 7.31. The predicted molar refractivity (Wildman–Crippen MR) is 79.0 cm³/mol. The standard InChI is InChI=1S/C14H12BrF3N2O3/c1-7-10(12(21)23-6-14(16,17)18)11(20-13(22)19-7)8-2-4-9(15)5-3-8/h2-5,10-11H,6H2,1H3,(H,20,22). The molecule has 0 bridgehead atoms. The van der Waals surface area contributed by atoms with E-state index in [4.69, 9.17) is 0 Å². The zero-order chi connectivity index (χ0) is 17.2. The van der Waals surface area contributed by atoms with Crippen molar-refractivity contribution >= 4 is 33.6 Å². The summed E-state index contributed by atoms with van der Waals surface area (Å²) in [5, 5.41) is 2.49. The Balaban J connectivity index is 2.27. The van der Waals surface area contributed by atoms with Crippen LogP contribution in [0.2, 0.25) is 0 Å². The molecule has 1 aromatic rings. The topological polar surface area (TPSA) is 67.8 Å². The third kappa shape index (κ3) is 4.54. The Bertz CT molecular complexity index is 644. The second kappa shape index (κ2) is 6.69. The van der Waals surface area contributed by atoms with Crippen LogP contribution in [0, 0.1) is 5.92 Å². The van der Waals surface area contributed by atoms with Crippen molar-refractivity contribution in [1.29, 1.82) is 0 Å². The number of nitrogens with one attached hydrogen (secondary N) is 1. The van der Waals surface area contributed by atoms with E-state index in [1.165, 1.54) is 6.92 Å². The smallest absolute Gasteiger partial charge is 0.422 e. The molecule has 2 unspecified atom stereocenters. The van der Waals surface area contributed by atoms with E-state index in [-0.39, 0.29) is 5.71 Å². The van der Waals surface area contributed by atoms with E-state index in [1.807, 2.05) is 0 Å². The molecule has 124 valence electrons. The number of hydrogen-bond acceptors (Lipinski definition) is 3. The van der Waals surface area contributed by atoms with Crippen molar-refractivity contribution in [3.8, 4) is 0 Å². The van der Waals surface area contributed by atoms with Gasteiger partial charge in [-0.2, -0.15) is 13.2 Å². The molecule has 1 aliphatic rings. The maximum absolute atomic E-state index is 12.2. The molecule has 2 rings (SSSR count). The molecule has 23 heavy (non-hydrogen) atoms. The fourth-order valence-electron chi connectivity index (χ4n) is 2.21. The summed E-state index contributed by atoms with van der Waals surface area (Å²) in [6, 6.07) is 5.19. The lowest BCUT2D eigenvalue weighted by Crippen LogP contribution is -2.44.